The third-order valence-electron chi connectivity index (χ3n) is 26.3. The predicted molar refractivity (Wildman–Crippen MR) is 574 cm³/mol. The Morgan fingerprint density at radius 3 is 1.29 bits per heavy atom. The molecule has 138 heavy (non-hydrogen) atoms. The van der Waals surface area contributed by atoms with E-state index in [-0.39, 0.29) is 17.6 Å². The number of hydrogen-bond acceptors (Lipinski definition) is 17. The molecule has 0 spiro atoms. The van der Waals surface area contributed by atoms with Crippen molar-refractivity contribution in [1.82, 2.24) is 56.3 Å². The Hall–Kier alpha value is -12.8. The highest BCUT2D eigenvalue weighted by atomic mass is 16.5. The van der Waals surface area contributed by atoms with Crippen LogP contribution in [0.4, 0.5) is 46.3 Å². The zero-order valence-electron chi connectivity index (χ0n) is 85.1. The first kappa shape index (κ1) is 101. The van der Waals surface area contributed by atoms with Crippen LogP contribution >= 0.6 is 0 Å². The molecule has 0 amide bonds. The van der Waals surface area contributed by atoms with E-state index in [1.54, 1.807) is 20.3 Å². The number of fused-ring (bicyclic) bond motifs is 6. The molecule has 23 nitrogen and oxygen atoms in total. The first-order valence-electron chi connectivity index (χ1n) is 51.2. The summed E-state index contributed by atoms with van der Waals surface area (Å²) in [7, 11) is 7.48. The maximum Gasteiger partial charge on any atom is 0.156 e. The number of methoxy groups -OCH3 is 2. The first-order chi connectivity index (χ1) is 67.0. The van der Waals surface area contributed by atoms with Gasteiger partial charge in [0.1, 0.15) is 110 Å². The van der Waals surface area contributed by atoms with Crippen molar-refractivity contribution in [3.8, 4) is 45.5 Å². The van der Waals surface area contributed by atoms with E-state index in [9.17, 15) is 5.11 Å². The first-order valence-corrected chi connectivity index (χ1v) is 51.2. The summed E-state index contributed by atoms with van der Waals surface area (Å²) >= 11 is 0. The van der Waals surface area contributed by atoms with Gasteiger partial charge in [-0.2, -0.15) is 0 Å². The van der Waals surface area contributed by atoms with Crippen molar-refractivity contribution < 1.29 is 19.0 Å². The molecular formula is C115H153N19O4. The van der Waals surface area contributed by atoms with Crippen LogP contribution < -0.4 is 45.9 Å². The molecule has 0 unspecified atom stereocenters. The molecule has 0 atom stereocenters. The molecule has 13 aromatic heterocycles. The monoisotopic (exact) mass is 1860 g/mol. The molecule has 732 valence electrons. The minimum absolute atomic E-state index is 0.0642. The lowest BCUT2D eigenvalue weighted by molar-refractivity contribution is 0.248. The Kier molecular flexibility index (Phi) is 35.9. The smallest absolute Gasteiger partial charge is 0.156 e. The Labute approximate surface area is 819 Å². The fraction of sp³-hybridized carbons (Fsp3) is 0.443. The summed E-state index contributed by atoms with van der Waals surface area (Å²) in [6.45, 7) is 28.8. The summed E-state index contributed by atoms with van der Waals surface area (Å²) in [6.07, 6.45) is 44.6. The summed E-state index contributed by atoms with van der Waals surface area (Å²) in [4.78, 5) is 33.5. The normalized spacial score (nSPS) is 13.8. The number of benzene rings is 3. The van der Waals surface area contributed by atoms with Gasteiger partial charge in [-0.15, -0.1) is 0 Å². The quantitative estimate of drug-likeness (QED) is 0.0216. The summed E-state index contributed by atoms with van der Waals surface area (Å²) < 4.78 is 29.1. The van der Waals surface area contributed by atoms with E-state index < -0.39 is 0 Å². The number of imidazole rings is 6. The van der Waals surface area contributed by atoms with Gasteiger partial charge >= 0.3 is 0 Å². The summed E-state index contributed by atoms with van der Waals surface area (Å²) in [6, 6.07) is 66.8. The largest absolute Gasteiger partial charge is 0.497 e. The van der Waals surface area contributed by atoms with Crippen LogP contribution in [0.2, 0.25) is 0 Å². The predicted octanol–water partition coefficient (Wildman–Crippen LogP) is 28.6. The van der Waals surface area contributed by atoms with Crippen LogP contribution in [-0.4, -0.2) is 126 Å². The molecule has 13 heterocycles. The topological polar surface area (TPSA) is 222 Å². The van der Waals surface area contributed by atoms with Gasteiger partial charge in [0.25, 0.3) is 0 Å². The van der Waals surface area contributed by atoms with Crippen molar-refractivity contribution in [2.24, 2.45) is 5.41 Å². The van der Waals surface area contributed by atoms with Gasteiger partial charge < -0.3 is 55.4 Å². The van der Waals surface area contributed by atoms with Crippen LogP contribution in [0, 0.1) is 5.41 Å². The number of rotatable bonds is 32. The van der Waals surface area contributed by atoms with Gasteiger partial charge in [-0.1, -0.05) is 207 Å². The average Bonchev–Trinajstić information content (AvgIpc) is 1.66. The minimum Gasteiger partial charge on any atom is -0.497 e. The van der Waals surface area contributed by atoms with E-state index in [4.69, 9.17) is 43.8 Å². The molecule has 16 aromatic rings. The highest BCUT2D eigenvalue weighted by molar-refractivity contribution is 5.80. The number of aromatic nitrogens is 12. The Balaban J connectivity index is 0.000000133. The van der Waals surface area contributed by atoms with Crippen molar-refractivity contribution in [3.63, 3.8) is 0 Å². The molecule has 19 rings (SSSR count). The van der Waals surface area contributed by atoms with E-state index in [1.165, 1.54) is 176 Å². The van der Waals surface area contributed by atoms with Crippen molar-refractivity contribution in [3.05, 3.63) is 254 Å². The van der Waals surface area contributed by atoms with Crippen molar-refractivity contribution in [2.45, 2.75) is 286 Å². The van der Waals surface area contributed by atoms with Crippen molar-refractivity contribution >= 4 is 80.2 Å². The SMILES string of the molecule is CCCCCCCCc1nc2ccccn2c1NC1CCCCC1.CCCCN(CC)c1c(C(C)C)nc2ccccn12.CN(C)c1ccc(-c2nc3ccccn3c2NC2CCCCC2)cc1.COc1ccc(-c2nc3ccccn3c2NC(C)(C)CC(C)(C)C)cc1.COc1ccc(Nc2c(C(C)C)nc3ccccn23)cc1.OCc1ccc(-c2nc3ccccn3c2NC2CCCCC2)o1. The average molecular weight is 1870 g/mol. The number of ether oxygens (including phenoxy) is 2. The second kappa shape index (κ2) is 49.0. The molecule has 0 bridgehead atoms. The third-order valence-corrected chi connectivity index (χ3v) is 26.3. The zero-order valence-corrected chi connectivity index (χ0v) is 85.1. The minimum atomic E-state index is -0.0985. The summed E-state index contributed by atoms with van der Waals surface area (Å²) in [5.41, 5.74) is 16.9. The van der Waals surface area contributed by atoms with Crippen LogP contribution in [0.5, 0.6) is 11.5 Å². The number of aryl methyl sites for hydroxylation is 1. The molecular weight excluding hydrogens is 1710 g/mol. The Morgan fingerprint density at radius 2 is 0.826 bits per heavy atom. The van der Waals surface area contributed by atoms with E-state index in [2.05, 4.69) is 270 Å². The summed E-state index contributed by atoms with van der Waals surface area (Å²) in [5.74, 6) is 10.4. The molecule has 0 radical (unpaired) electrons. The van der Waals surface area contributed by atoms with Gasteiger partial charge in [0.15, 0.2) is 5.76 Å². The van der Waals surface area contributed by atoms with Crippen LogP contribution in [0.3, 0.4) is 0 Å². The van der Waals surface area contributed by atoms with Crippen LogP contribution in [-0.2, 0) is 13.0 Å². The second-order valence-electron chi connectivity index (χ2n) is 40.0. The number of nitrogens with zero attached hydrogens (tertiary/aromatic N) is 14. The number of anilines is 8. The highest BCUT2D eigenvalue weighted by Gasteiger charge is 2.30. The van der Waals surface area contributed by atoms with Crippen LogP contribution in [0.15, 0.2) is 236 Å². The Bertz CT molecular complexity index is 6400. The fourth-order valence-corrected chi connectivity index (χ4v) is 19.5. The Morgan fingerprint density at radius 1 is 0.420 bits per heavy atom. The van der Waals surface area contributed by atoms with Gasteiger partial charge in [0.05, 0.1) is 31.3 Å². The lowest BCUT2D eigenvalue weighted by Gasteiger charge is -2.34. The molecule has 6 N–H and O–H groups in total. The molecule has 23 heteroatoms. The molecule has 3 fully saturated rings. The standard InChI is InChI=1S/C22H29N3O.C21H26N4.C21H33N3.C18H21N3O2.C17H19N3O.C16H25N3/c1-21(2,3)15-22(4,5)24-20-19(16-10-12-17(26-6)13-11-16)23-18-9-7-8-14-25(18)20;1-24(2)18-13-11-16(12-14-18)20-21(22-17-8-4-3-5-9-17)25-15-7-6-10-19(25)23-20;1-2-3-4-5-6-10-15-19-21(22-18-13-8-7-9-14-18)24-17-12-11-16-20(24)23-19;22-12-14-9-10-15(23-14)17-18(19-13-6-2-1-3-7-13)21-11-5-4-8-16(21)20-17;1-12(2)16-17(20-11-5-4-6-15(20)19-16)18-13-7-9-14(21-3)10-8-13;1-5-7-11-18(6-2)16-15(13(3)4)17-14-10-8-9-12-19(14)16/h7-14,24H,15H2,1-6H3;6-7,10-15,17,22H,3-5,8-9H2,1-2H3;11-12,16-18,22H,2-10,13-15H2,1H3;4-5,8-11,13,19,22H,1-3,6-7,12H2;4-12,18H,1-3H3;8-10,12-13H,5-7,11H2,1-4H3. The third kappa shape index (κ3) is 26.6. The fourth-order valence-electron chi connectivity index (χ4n) is 19.5. The van der Waals surface area contributed by atoms with Gasteiger partial charge in [0, 0.05) is 111 Å². The van der Waals surface area contributed by atoms with E-state index in [0.29, 0.717) is 41.5 Å². The lowest BCUT2D eigenvalue weighted by atomic mass is 9.82. The molecule has 0 aliphatic heterocycles. The van der Waals surface area contributed by atoms with Gasteiger partial charge in [-0.05, 0) is 248 Å². The van der Waals surface area contributed by atoms with Gasteiger partial charge in [0.2, 0.25) is 0 Å². The zero-order chi connectivity index (χ0) is 97.1. The molecule has 3 saturated carbocycles. The number of furan rings is 1. The van der Waals surface area contributed by atoms with Crippen molar-refractivity contribution in [2.75, 3.05) is 77.8 Å². The van der Waals surface area contributed by atoms with Crippen LogP contribution in [0.1, 0.15) is 272 Å². The van der Waals surface area contributed by atoms with Gasteiger partial charge in [-0.3, -0.25) is 26.4 Å². The maximum atomic E-state index is 9.23. The lowest BCUT2D eigenvalue weighted by Crippen LogP contribution is -2.36. The van der Waals surface area contributed by atoms with E-state index >= 15 is 0 Å². The maximum absolute atomic E-state index is 9.23. The molecule has 0 saturated heterocycles. The number of unbranched alkanes of at least 4 members (excludes halogenated alkanes) is 6. The van der Waals surface area contributed by atoms with Gasteiger partial charge in [-0.25, -0.2) is 29.9 Å². The van der Waals surface area contributed by atoms with E-state index in [0.717, 1.165) is 134 Å². The number of nitrogens with one attached hydrogen (secondary N) is 5. The highest BCUT2D eigenvalue weighted by Crippen LogP contribution is 2.40. The van der Waals surface area contributed by atoms with Crippen LogP contribution in [0.25, 0.3) is 67.9 Å². The number of hydrogen-bond donors (Lipinski definition) is 6. The number of aliphatic hydroxyl groups excluding tert-OH is 1. The second-order valence-corrected chi connectivity index (χ2v) is 40.0. The van der Waals surface area contributed by atoms with Crippen molar-refractivity contribution in [1.29, 1.82) is 0 Å². The molecule has 3 aliphatic rings. The summed E-state index contributed by atoms with van der Waals surface area (Å²) in [5, 5.41) is 27.8. The molecule has 3 aromatic carbocycles. The number of aliphatic hydroxyl groups is 1. The van der Waals surface area contributed by atoms with E-state index in [1.807, 2.05) is 116 Å². The number of pyridine rings is 6. The molecule has 3 aliphatic carbocycles.